The number of benzene rings is 1. The molecule has 0 saturated heterocycles. The van der Waals surface area contributed by atoms with Crippen molar-refractivity contribution in [1.29, 1.82) is 0 Å². The second kappa shape index (κ2) is 4.73. The fourth-order valence-corrected chi connectivity index (χ4v) is 1.18. The number of anilines is 1. The molecule has 0 atom stereocenters. The van der Waals surface area contributed by atoms with E-state index in [9.17, 15) is 9.59 Å². The van der Waals surface area contributed by atoms with Crippen molar-refractivity contribution in [3.05, 3.63) is 29.8 Å². The van der Waals surface area contributed by atoms with Crippen LogP contribution in [0, 0.1) is 5.92 Å². The number of carbonyl (C=O) groups excluding carboxylic acids is 2. The maximum absolute atomic E-state index is 11.5. The van der Waals surface area contributed by atoms with Crippen LogP contribution >= 0.6 is 0 Å². The lowest BCUT2D eigenvalue weighted by Crippen LogP contribution is -2.19. The summed E-state index contributed by atoms with van der Waals surface area (Å²) in [5.74, 6) is -0.219. The Morgan fingerprint density at radius 3 is 2.33 bits per heavy atom. The molecule has 0 aromatic heterocycles. The monoisotopic (exact) mass is 205 g/mol. The maximum Gasteiger partial charge on any atom is 0.226 e. The molecule has 1 aromatic carbocycles. The van der Waals surface area contributed by atoms with Crippen LogP contribution in [0.3, 0.4) is 0 Å². The first-order valence-electron chi connectivity index (χ1n) is 4.93. The van der Waals surface area contributed by atoms with Crippen molar-refractivity contribution in [3.63, 3.8) is 0 Å². The van der Waals surface area contributed by atoms with E-state index in [2.05, 4.69) is 5.32 Å². The lowest BCUT2D eigenvalue weighted by molar-refractivity contribution is -0.118. The van der Waals surface area contributed by atoms with Crippen molar-refractivity contribution in [2.75, 3.05) is 5.32 Å². The second-order valence-corrected chi connectivity index (χ2v) is 3.75. The molecular weight excluding hydrogens is 190 g/mol. The quantitative estimate of drug-likeness (QED) is 0.770. The van der Waals surface area contributed by atoms with Gasteiger partial charge in [0.15, 0.2) is 5.78 Å². The molecular formula is C12H15NO2. The molecule has 3 heteroatoms. The standard InChI is InChI=1S/C12H15NO2/c1-8(2)12(15)13-11-7-5-4-6-10(11)9(3)14/h4-8H,1-3H3,(H,13,15). The van der Waals surface area contributed by atoms with E-state index in [4.69, 9.17) is 0 Å². The Morgan fingerprint density at radius 2 is 1.80 bits per heavy atom. The molecule has 1 rings (SSSR count). The van der Waals surface area contributed by atoms with Crippen molar-refractivity contribution in [2.24, 2.45) is 5.92 Å². The lowest BCUT2D eigenvalue weighted by atomic mass is 10.1. The Bertz CT molecular complexity index is 383. The van der Waals surface area contributed by atoms with Crippen LogP contribution in [0.15, 0.2) is 24.3 Å². The molecule has 80 valence electrons. The van der Waals surface area contributed by atoms with Crippen LogP contribution < -0.4 is 5.32 Å². The van der Waals surface area contributed by atoms with Crippen molar-refractivity contribution in [2.45, 2.75) is 20.8 Å². The predicted molar refractivity (Wildman–Crippen MR) is 59.9 cm³/mol. The first kappa shape index (κ1) is 11.4. The minimum Gasteiger partial charge on any atom is -0.325 e. The second-order valence-electron chi connectivity index (χ2n) is 3.75. The summed E-state index contributed by atoms with van der Waals surface area (Å²) < 4.78 is 0. The zero-order valence-corrected chi connectivity index (χ0v) is 9.20. The molecule has 0 aliphatic rings. The highest BCUT2D eigenvalue weighted by Gasteiger charge is 2.11. The van der Waals surface area contributed by atoms with Crippen molar-refractivity contribution in [1.82, 2.24) is 0 Å². The molecule has 0 radical (unpaired) electrons. The van der Waals surface area contributed by atoms with Gasteiger partial charge in [-0.05, 0) is 19.1 Å². The Kier molecular flexibility index (Phi) is 3.61. The first-order valence-corrected chi connectivity index (χ1v) is 4.93. The highest BCUT2D eigenvalue weighted by atomic mass is 16.2. The van der Waals surface area contributed by atoms with Gasteiger partial charge in [0, 0.05) is 11.5 Å². The van der Waals surface area contributed by atoms with Crippen molar-refractivity contribution >= 4 is 17.4 Å². The summed E-state index contributed by atoms with van der Waals surface area (Å²) in [6.45, 7) is 5.11. The number of rotatable bonds is 3. The topological polar surface area (TPSA) is 46.2 Å². The van der Waals surface area contributed by atoms with Gasteiger partial charge in [0.1, 0.15) is 0 Å². The van der Waals surface area contributed by atoms with Crippen molar-refractivity contribution in [3.8, 4) is 0 Å². The van der Waals surface area contributed by atoms with Gasteiger partial charge in [-0.15, -0.1) is 0 Å². The molecule has 0 aliphatic heterocycles. The van der Waals surface area contributed by atoms with Gasteiger partial charge in [-0.3, -0.25) is 9.59 Å². The number of hydrogen-bond donors (Lipinski definition) is 1. The number of amides is 1. The zero-order chi connectivity index (χ0) is 11.4. The molecule has 0 bridgehead atoms. The largest absolute Gasteiger partial charge is 0.325 e. The third-order valence-electron chi connectivity index (χ3n) is 2.09. The summed E-state index contributed by atoms with van der Waals surface area (Å²) in [6.07, 6.45) is 0. The summed E-state index contributed by atoms with van der Waals surface area (Å²) in [4.78, 5) is 22.7. The van der Waals surface area contributed by atoms with Crippen LogP contribution in [0.2, 0.25) is 0 Å². The average Bonchev–Trinajstić information content (AvgIpc) is 2.18. The van der Waals surface area contributed by atoms with Gasteiger partial charge in [0.25, 0.3) is 0 Å². The average molecular weight is 205 g/mol. The van der Waals surface area contributed by atoms with E-state index in [1.165, 1.54) is 6.92 Å². The third kappa shape index (κ3) is 2.91. The van der Waals surface area contributed by atoms with Crippen LogP contribution in [-0.2, 0) is 4.79 Å². The third-order valence-corrected chi connectivity index (χ3v) is 2.09. The van der Waals surface area contributed by atoms with E-state index in [0.29, 0.717) is 11.3 Å². The van der Waals surface area contributed by atoms with E-state index in [-0.39, 0.29) is 17.6 Å². The molecule has 3 nitrogen and oxygen atoms in total. The fourth-order valence-electron chi connectivity index (χ4n) is 1.18. The summed E-state index contributed by atoms with van der Waals surface area (Å²) >= 11 is 0. The van der Waals surface area contributed by atoms with Gasteiger partial charge in [-0.1, -0.05) is 26.0 Å². The number of para-hydroxylation sites is 1. The predicted octanol–water partition coefficient (Wildman–Crippen LogP) is 2.48. The molecule has 0 heterocycles. The van der Waals surface area contributed by atoms with Gasteiger partial charge in [0.05, 0.1) is 5.69 Å². The minimum atomic E-state index is -0.0926. The van der Waals surface area contributed by atoms with Gasteiger partial charge in [-0.2, -0.15) is 0 Å². The summed E-state index contributed by atoms with van der Waals surface area (Å²) in [5, 5.41) is 2.73. The minimum absolute atomic E-state index is 0.0466. The summed E-state index contributed by atoms with van der Waals surface area (Å²) in [6, 6.07) is 7.01. The Balaban J connectivity index is 2.94. The molecule has 1 N–H and O–H groups in total. The molecule has 1 aromatic rings. The van der Waals surface area contributed by atoms with Gasteiger partial charge in [-0.25, -0.2) is 0 Å². The summed E-state index contributed by atoms with van der Waals surface area (Å²) in [5.41, 5.74) is 1.13. The zero-order valence-electron chi connectivity index (χ0n) is 9.20. The highest BCUT2D eigenvalue weighted by molar-refractivity contribution is 6.03. The Hall–Kier alpha value is -1.64. The number of Topliss-reactive ketones (excluding diaryl/α,β-unsaturated/α-hetero) is 1. The Morgan fingerprint density at radius 1 is 1.20 bits per heavy atom. The normalized spacial score (nSPS) is 10.1. The van der Waals surface area contributed by atoms with E-state index in [1.54, 1.807) is 24.3 Å². The number of nitrogens with one attached hydrogen (secondary N) is 1. The van der Waals surface area contributed by atoms with E-state index in [1.807, 2.05) is 13.8 Å². The van der Waals surface area contributed by atoms with Gasteiger partial charge < -0.3 is 5.32 Å². The van der Waals surface area contributed by atoms with Crippen LogP contribution in [-0.4, -0.2) is 11.7 Å². The molecule has 0 aliphatic carbocycles. The van der Waals surface area contributed by atoms with Crippen LogP contribution in [0.25, 0.3) is 0 Å². The smallest absolute Gasteiger partial charge is 0.226 e. The molecule has 0 fully saturated rings. The first-order chi connectivity index (χ1) is 7.02. The van der Waals surface area contributed by atoms with Gasteiger partial charge in [0.2, 0.25) is 5.91 Å². The van der Waals surface area contributed by atoms with E-state index in [0.717, 1.165) is 0 Å². The fraction of sp³-hybridized carbons (Fsp3) is 0.333. The van der Waals surface area contributed by atoms with Crippen LogP contribution in [0.1, 0.15) is 31.1 Å². The van der Waals surface area contributed by atoms with E-state index >= 15 is 0 Å². The number of hydrogen-bond acceptors (Lipinski definition) is 2. The van der Waals surface area contributed by atoms with Crippen LogP contribution in [0.4, 0.5) is 5.69 Å². The SMILES string of the molecule is CC(=O)c1ccccc1NC(=O)C(C)C. The Labute approximate surface area is 89.5 Å². The number of ketones is 1. The highest BCUT2D eigenvalue weighted by Crippen LogP contribution is 2.16. The molecule has 15 heavy (non-hydrogen) atoms. The number of carbonyl (C=O) groups is 2. The molecule has 0 saturated carbocycles. The molecule has 1 amide bonds. The van der Waals surface area contributed by atoms with Gasteiger partial charge >= 0.3 is 0 Å². The molecule has 0 spiro atoms. The lowest BCUT2D eigenvalue weighted by Gasteiger charge is -2.10. The molecule has 0 unspecified atom stereocenters. The van der Waals surface area contributed by atoms with Crippen molar-refractivity contribution < 1.29 is 9.59 Å². The maximum atomic E-state index is 11.5. The van der Waals surface area contributed by atoms with E-state index < -0.39 is 0 Å². The van der Waals surface area contributed by atoms with Crippen LogP contribution in [0.5, 0.6) is 0 Å². The summed E-state index contributed by atoms with van der Waals surface area (Å²) in [7, 11) is 0.